The van der Waals surface area contributed by atoms with Gasteiger partial charge >= 0.3 is 5.97 Å². The van der Waals surface area contributed by atoms with E-state index >= 15 is 0 Å². The molecule has 0 radical (unpaired) electrons. The zero-order chi connectivity index (χ0) is 14.5. The third-order valence-electron chi connectivity index (χ3n) is 5.44. The highest BCUT2D eigenvalue weighted by molar-refractivity contribution is 5.87. The Morgan fingerprint density at radius 2 is 1.55 bits per heavy atom. The van der Waals surface area contributed by atoms with Crippen molar-refractivity contribution in [1.29, 1.82) is 0 Å². The summed E-state index contributed by atoms with van der Waals surface area (Å²) in [4.78, 5) is 11.6. The first kappa shape index (κ1) is 15.6. The molecule has 0 N–H and O–H groups in total. The lowest BCUT2D eigenvalue weighted by Crippen LogP contribution is -2.30. The molecule has 0 bridgehead atoms. The maximum Gasteiger partial charge on any atom is 0.333 e. The normalized spacial score (nSPS) is 29.7. The summed E-state index contributed by atoms with van der Waals surface area (Å²) < 4.78 is 5.49. The van der Waals surface area contributed by atoms with Crippen molar-refractivity contribution in [3.63, 3.8) is 0 Å². The Morgan fingerprint density at radius 3 is 2.10 bits per heavy atom. The Bertz CT molecular complexity index is 333. The second-order valence-electron chi connectivity index (χ2n) is 6.96. The van der Waals surface area contributed by atoms with Gasteiger partial charge in [-0.05, 0) is 57.3 Å². The van der Waals surface area contributed by atoms with Crippen molar-refractivity contribution in [3.8, 4) is 0 Å². The standard InChI is InChI=1S/C18H30O2/c1-13(2)18(19)20-14(3)15-9-11-17(12-10-15)16-7-5-4-6-8-16/h14-17H,1,4-12H2,2-3H3. The first-order chi connectivity index (χ1) is 9.58. The van der Waals surface area contributed by atoms with Gasteiger partial charge in [0.15, 0.2) is 0 Å². The molecule has 0 aromatic heterocycles. The van der Waals surface area contributed by atoms with Crippen LogP contribution in [0.2, 0.25) is 0 Å². The Kier molecular flexibility index (Phi) is 5.68. The number of esters is 1. The predicted octanol–water partition coefficient (Wildman–Crippen LogP) is 4.88. The molecule has 0 aromatic rings. The van der Waals surface area contributed by atoms with Gasteiger partial charge < -0.3 is 4.74 Å². The monoisotopic (exact) mass is 278 g/mol. The molecule has 2 nitrogen and oxygen atoms in total. The van der Waals surface area contributed by atoms with Crippen LogP contribution in [0.1, 0.15) is 71.6 Å². The number of carbonyl (C=O) groups excluding carboxylic acids is 1. The van der Waals surface area contributed by atoms with Crippen LogP contribution >= 0.6 is 0 Å². The van der Waals surface area contributed by atoms with Gasteiger partial charge in [0.25, 0.3) is 0 Å². The molecule has 0 saturated heterocycles. The van der Waals surface area contributed by atoms with Crippen LogP contribution in [0.25, 0.3) is 0 Å². The molecule has 2 aliphatic rings. The Balaban J connectivity index is 1.75. The molecule has 2 heteroatoms. The van der Waals surface area contributed by atoms with Crippen LogP contribution in [0.4, 0.5) is 0 Å². The lowest BCUT2D eigenvalue weighted by atomic mass is 9.70. The Labute approximate surface area is 124 Å². The van der Waals surface area contributed by atoms with E-state index in [1.807, 2.05) is 6.92 Å². The Hall–Kier alpha value is -0.790. The molecule has 2 fully saturated rings. The molecule has 1 atom stereocenters. The lowest BCUT2D eigenvalue weighted by Gasteiger charge is -2.37. The predicted molar refractivity (Wildman–Crippen MR) is 82.4 cm³/mol. The van der Waals surface area contributed by atoms with Gasteiger partial charge in [-0.2, -0.15) is 0 Å². The molecule has 2 aliphatic carbocycles. The summed E-state index contributed by atoms with van der Waals surface area (Å²) in [5.74, 6) is 2.25. The fourth-order valence-electron chi connectivity index (χ4n) is 4.06. The van der Waals surface area contributed by atoms with Crippen LogP contribution in [0, 0.1) is 17.8 Å². The van der Waals surface area contributed by atoms with Crippen LogP contribution in [0.3, 0.4) is 0 Å². The minimum absolute atomic E-state index is 0.0477. The summed E-state index contributed by atoms with van der Waals surface area (Å²) in [6.45, 7) is 7.42. The minimum atomic E-state index is -0.230. The van der Waals surface area contributed by atoms with Crippen molar-refractivity contribution < 1.29 is 9.53 Å². The van der Waals surface area contributed by atoms with Gasteiger partial charge in [0, 0.05) is 5.57 Å². The highest BCUT2D eigenvalue weighted by Gasteiger charge is 2.31. The largest absolute Gasteiger partial charge is 0.459 e. The molecule has 0 amide bonds. The average molecular weight is 278 g/mol. The number of hydrogen-bond acceptors (Lipinski definition) is 2. The molecule has 0 aromatic carbocycles. The molecule has 0 heterocycles. The summed E-state index contributed by atoms with van der Waals surface area (Å²) in [6.07, 6.45) is 12.4. The van der Waals surface area contributed by atoms with E-state index in [1.165, 1.54) is 57.8 Å². The van der Waals surface area contributed by atoms with E-state index in [0.29, 0.717) is 11.5 Å². The van der Waals surface area contributed by atoms with Crippen molar-refractivity contribution in [2.45, 2.75) is 77.7 Å². The fraction of sp³-hybridized carbons (Fsp3) is 0.833. The van der Waals surface area contributed by atoms with Crippen molar-refractivity contribution in [1.82, 2.24) is 0 Å². The number of rotatable bonds is 4. The molecule has 114 valence electrons. The van der Waals surface area contributed by atoms with E-state index < -0.39 is 0 Å². The molecule has 2 saturated carbocycles. The lowest BCUT2D eigenvalue weighted by molar-refractivity contribution is -0.146. The SMILES string of the molecule is C=C(C)C(=O)OC(C)C1CCC(C2CCCCC2)CC1. The second kappa shape index (κ2) is 7.28. The van der Waals surface area contributed by atoms with Gasteiger partial charge in [0.05, 0.1) is 0 Å². The topological polar surface area (TPSA) is 26.3 Å². The van der Waals surface area contributed by atoms with Gasteiger partial charge in [-0.1, -0.05) is 38.7 Å². The average Bonchev–Trinajstić information content (AvgIpc) is 2.48. The molecule has 0 spiro atoms. The van der Waals surface area contributed by atoms with Crippen LogP contribution in [-0.2, 0) is 9.53 Å². The zero-order valence-electron chi connectivity index (χ0n) is 13.2. The van der Waals surface area contributed by atoms with E-state index in [1.54, 1.807) is 6.92 Å². The summed E-state index contributed by atoms with van der Waals surface area (Å²) in [6, 6.07) is 0. The van der Waals surface area contributed by atoms with E-state index in [2.05, 4.69) is 6.58 Å². The molecule has 0 aliphatic heterocycles. The van der Waals surface area contributed by atoms with Crippen LogP contribution in [0.5, 0.6) is 0 Å². The summed E-state index contributed by atoms with van der Waals surface area (Å²) >= 11 is 0. The van der Waals surface area contributed by atoms with E-state index in [0.717, 1.165) is 11.8 Å². The maximum absolute atomic E-state index is 11.6. The summed E-state index contributed by atoms with van der Waals surface area (Å²) in [5.41, 5.74) is 0.507. The van der Waals surface area contributed by atoms with Gasteiger partial charge in [-0.3, -0.25) is 0 Å². The highest BCUT2D eigenvalue weighted by atomic mass is 16.5. The summed E-state index contributed by atoms with van der Waals surface area (Å²) in [5, 5.41) is 0. The first-order valence-corrected chi connectivity index (χ1v) is 8.44. The van der Waals surface area contributed by atoms with Crippen molar-refractivity contribution in [2.24, 2.45) is 17.8 Å². The highest BCUT2D eigenvalue weighted by Crippen LogP contribution is 2.41. The number of hydrogen-bond donors (Lipinski definition) is 0. The minimum Gasteiger partial charge on any atom is -0.459 e. The molecular weight excluding hydrogens is 248 g/mol. The molecule has 20 heavy (non-hydrogen) atoms. The van der Waals surface area contributed by atoms with Gasteiger partial charge in [0.2, 0.25) is 0 Å². The number of carbonyl (C=O) groups is 1. The van der Waals surface area contributed by atoms with Crippen molar-refractivity contribution in [2.75, 3.05) is 0 Å². The van der Waals surface area contributed by atoms with Gasteiger partial charge in [0.1, 0.15) is 6.10 Å². The van der Waals surface area contributed by atoms with Gasteiger partial charge in [-0.25, -0.2) is 4.79 Å². The van der Waals surface area contributed by atoms with Crippen LogP contribution < -0.4 is 0 Å². The van der Waals surface area contributed by atoms with E-state index in [9.17, 15) is 4.79 Å². The molecular formula is C18H30O2. The number of ether oxygens (including phenoxy) is 1. The molecule has 1 unspecified atom stereocenters. The van der Waals surface area contributed by atoms with E-state index in [-0.39, 0.29) is 12.1 Å². The van der Waals surface area contributed by atoms with Gasteiger partial charge in [-0.15, -0.1) is 0 Å². The van der Waals surface area contributed by atoms with E-state index in [4.69, 9.17) is 4.74 Å². The Morgan fingerprint density at radius 1 is 1.00 bits per heavy atom. The third kappa shape index (κ3) is 4.10. The van der Waals surface area contributed by atoms with Crippen molar-refractivity contribution >= 4 is 5.97 Å². The first-order valence-electron chi connectivity index (χ1n) is 8.44. The summed E-state index contributed by atoms with van der Waals surface area (Å²) in [7, 11) is 0. The van der Waals surface area contributed by atoms with Crippen LogP contribution in [-0.4, -0.2) is 12.1 Å². The maximum atomic E-state index is 11.6. The zero-order valence-corrected chi connectivity index (χ0v) is 13.2. The third-order valence-corrected chi connectivity index (χ3v) is 5.44. The smallest absolute Gasteiger partial charge is 0.333 e. The van der Waals surface area contributed by atoms with Crippen molar-refractivity contribution in [3.05, 3.63) is 12.2 Å². The van der Waals surface area contributed by atoms with Crippen LogP contribution in [0.15, 0.2) is 12.2 Å². The molecule has 2 rings (SSSR count). The second-order valence-corrected chi connectivity index (χ2v) is 6.96. The quantitative estimate of drug-likeness (QED) is 0.541. The fourth-order valence-corrected chi connectivity index (χ4v) is 4.06.